The number of rotatable bonds is 5. The van der Waals surface area contributed by atoms with Gasteiger partial charge in [-0.15, -0.1) is 23.2 Å². The lowest BCUT2D eigenvalue weighted by Crippen LogP contribution is -2.27. The Balaban J connectivity index is 1.80. The van der Waals surface area contributed by atoms with E-state index in [-0.39, 0.29) is 17.1 Å². The Kier molecular flexibility index (Phi) is 6.76. The van der Waals surface area contributed by atoms with Crippen LogP contribution in [0.4, 0.5) is 5.69 Å². The molecule has 0 spiro atoms. The number of nitrogens with zero attached hydrogens (tertiary/aromatic N) is 2. The van der Waals surface area contributed by atoms with Crippen LogP contribution < -0.4 is 5.32 Å². The van der Waals surface area contributed by atoms with Crippen molar-refractivity contribution in [2.45, 2.75) is 10.3 Å². The number of carbonyl (C=O) groups is 2. The van der Waals surface area contributed by atoms with Gasteiger partial charge >= 0.3 is 0 Å². The lowest BCUT2D eigenvalue weighted by atomic mass is 10.1. The van der Waals surface area contributed by atoms with Crippen molar-refractivity contribution in [1.82, 2.24) is 4.90 Å². The molecule has 0 radical (unpaired) electrons. The summed E-state index contributed by atoms with van der Waals surface area (Å²) >= 11 is 30.9. The third-order valence-electron chi connectivity index (χ3n) is 4.70. The topological polar surface area (TPSA) is 73.2 Å². The van der Waals surface area contributed by atoms with Crippen molar-refractivity contribution < 1.29 is 9.59 Å². The molecule has 1 aliphatic rings. The van der Waals surface area contributed by atoms with Gasteiger partial charge in [0, 0.05) is 28.7 Å². The maximum Gasteiger partial charge on any atom is 0.256 e. The number of alkyl halides is 2. The Hall–Kier alpha value is -1.68. The third kappa shape index (κ3) is 4.64. The molecular weight excluding hydrogens is 492 g/mol. The van der Waals surface area contributed by atoms with E-state index < -0.39 is 28.0 Å². The zero-order valence-corrected chi connectivity index (χ0v) is 19.2. The highest BCUT2D eigenvalue weighted by atomic mass is 35.5. The van der Waals surface area contributed by atoms with Crippen LogP contribution in [0, 0.1) is 17.2 Å². The molecule has 5 nitrogen and oxygen atoms in total. The molecule has 1 saturated carbocycles. The van der Waals surface area contributed by atoms with E-state index in [0.717, 1.165) is 0 Å². The molecule has 0 aliphatic heterocycles. The lowest BCUT2D eigenvalue weighted by Gasteiger charge is -2.15. The molecule has 156 valence electrons. The monoisotopic (exact) mass is 503 g/mol. The number of benzene rings is 2. The number of halogens is 5. The summed E-state index contributed by atoms with van der Waals surface area (Å²) in [5, 5.41) is 12.5. The van der Waals surface area contributed by atoms with E-state index in [2.05, 4.69) is 5.32 Å². The van der Waals surface area contributed by atoms with Crippen LogP contribution in [0.15, 0.2) is 36.4 Å². The van der Waals surface area contributed by atoms with Crippen molar-refractivity contribution in [1.29, 1.82) is 5.26 Å². The first-order valence-electron chi connectivity index (χ1n) is 8.63. The number of hydrogen-bond acceptors (Lipinski definition) is 3. The summed E-state index contributed by atoms with van der Waals surface area (Å²) in [6.07, 6.45) is 0. The zero-order chi connectivity index (χ0) is 22.2. The average molecular weight is 506 g/mol. The molecule has 2 atom stereocenters. The summed E-state index contributed by atoms with van der Waals surface area (Å²) in [5.41, 5.74) is 1.16. The lowest BCUT2D eigenvalue weighted by molar-refractivity contribution is -0.117. The second-order valence-corrected chi connectivity index (χ2v) is 9.56. The van der Waals surface area contributed by atoms with Gasteiger partial charge < -0.3 is 10.2 Å². The van der Waals surface area contributed by atoms with Crippen LogP contribution in [0.5, 0.6) is 0 Å². The molecule has 0 saturated heterocycles. The van der Waals surface area contributed by atoms with Crippen LogP contribution in [-0.4, -0.2) is 34.6 Å². The second kappa shape index (κ2) is 8.82. The quantitative estimate of drug-likeness (QED) is 0.414. The van der Waals surface area contributed by atoms with E-state index >= 15 is 0 Å². The standard InChI is InChI=1S/C20H14Cl5N3O2/c1-28(5-4-26)19(30)14-9-13(2-3-15(14)23)27-18(29)17-16(20(17,24)25)10-6-11(21)8-12(22)7-10/h2-3,6-9,16-17H,5H2,1H3,(H,27,29)/t16-,17+/m0/s1. The Morgan fingerprint density at radius 1 is 1.13 bits per heavy atom. The second-order valence-electron chi connectivity index (χ2n) is 6.84. The summed E-state index contributed by atoms with van der Waals surface area (Å²) in [7, 11) is 1.48. The highest BCUT2D eigenvalue weighted by Crippen LogP contribution is 2.65. The average Bonchev–Trinajstić information content (AvgIpc) is 3.24. The molecular formula is C20H14Cl5N3O2. The molecule has 10 heteroatoms. The summed E-state index contributed by atoms with van der Waals surface area (Å²) in [6, 6.07) is 11.3. The van der Waals surface area contributed by atoms with E-state index in [0.29, 0.717) is 21.3 Å². The highest BCUT2D eigenvalue weighted by Gasteiger charge is 2.67. The van der Waals surface area contributed by atoms with Crippen LogP contribution in [0.1, 0.15) is 21.8 Å². The zero-order valence-electron chi connectivity index (χ0n) is 15.4. The van der Waals surface area contributed by atoms with E-state index in [1.165, 1.54) is 24.1 Å². The van der Waals surface area contributed by atoms with Crippen molar-refractivity contribution in [3.63, 3.8) is 0 Å². The Morgan fingerprint density at radius 2 is 1.77 bits per heavy atom. The molecule has 2 aromatic rings. The molecule has 1 fully saturated rings. The minimum absolute atomic E-state index is 0.0985. The van der Waals surface area contributed by atoms with Crippen molar-refractivity contribution in [2.24, 2.45) is 5.92 Å². The number of amides is 2. The van der Waals surface area contributed by atoms with Crippen LogP contribution in [-0.2, 0) is 4.79 Å². The molecule has 0 aromatic heterocycles. The minimum atomic E-state index is -1.32. The van der Waals surface area contributed by atoms with Gasteiger partial charge in [-0.1, -0.05) is 34.8 Å². The number of carbonyl (C=O) groups excluding carboxylic acids is 2. The largest absolute Gasteiger partial charge is 0.328 e. The Bertz CT molecular complexity index is 1050. The molecule has 30 heavy (non-hydrogen) atoms. The number of anilines is 1. The van der Waals surface area contributed by atoms with Crippen LogP contribution in [0.2, 0.25) is 15.1 Å². The SMILES string of the molecule is CN(CC#N)C(=O)c1cc(NC(=O)[C@H]2[C@H](c3cc(Cl)cc(Cl)c3)C2(Cl)Cl)ccc1Cl. The predicted molar refractivity (Wildman–Crippen MR) is 120 cm³/mol. The normalized spacial score (nSPS) is 19.0. The maximum atomic E-state index is 12.8. The number of nitrogens with one attached hydrogen (secondary N) is 1. The first-order valence-corrected chi connectivity index (χ1v) is 10.5. The van der Waals surface area contributed by atoms with Gasteiger partial charge in [0.05, 0.1) is 22.6 Å². The van der Waals surface area contributed by atoms with Crippen LogP contribution in [0.3, 0.4) is 0 Å². The van der Waals surface area contributed by atoms with Crippen molar-refractivity contribution in [3.05, 3.63) is 62.6 Å². The van der Waals surface area contributed by atoms with Gasteiger partial charge in [0.15, 0.2) is 0 Å². The molecule has 2 aromatic carbocycles. The first kappa shape index (κ1) is 23.0. The molecule has 1 aliphatic carbocycles. The Morgan fingerprint density at radius 3 is 2.37 bits per heavy atom. The van der Waals surface area contributed by atoms with Gasteiger partial charge in [-0.2, -0.15) is 5.26 Å². The fourth-order valence-corrected chi connectivity index (χ4v) is 4.76. The summed E-state index contributed by atoms with van der Waals surface area (Å²) in [6.45, 7) is -0.0985. The van der Waals surface area contributed by atoms with Gasteiger partial charge in [0.1, 0.15) is 10.9 Å². The first-order chi connectivity index (χ1) is 14.1. The minimum Gasteiger partial charge on any atom is -0.328 e. The highest BCUT2D eigenvalue weighted by molar-refractivity contribution is 6.53. The van der Waals surface area contributed by atoms with E-state index in [1.807, 2.05) is 6.07 Å². The molecule has 3 rings (SSSR count). The van der Waals surface area contributed by atoms with Gasteiger partial charge in [-0.3, -0.25) is 9.59 Å². The van der Waals surface area contributed by atoms with E-state index in [4.69, 9.17) is 63.3 Å². The van der Waals surface area contributed by atoms with Crippen molar-refractivity contribution >= 4 is 75.5 Å². The Labute approximate surface area is 198 Å². The summed E-state index contributed by atoms with van der Waals surface area (Å²) < 4.78 is -1.32. The molecule has 2 amide bonds. The predicted octanol–water partition coefficient (Wildman–Crippen LogP) is 5.77. The molecule has 0 heterocycles. The molecule has 1 N–H and O–H groups in total. The van der Waals surface area contributed by atoms with Gasteiger partial charge in [-0.05, 0) is 42.0 Å². The van der Waals surface area contributed by atoms with Gasteiger partial charge in [-0.25, -0.2) is 0 Å². The fraction of sp³-hybridized carbons (Fsp3) is 0.250. The van der Waals surface area contributed by atoms with Gasteiger partial charge in [0.2, 0.25) is 5.91 Å². The third-order valence-corrected chi connectivity index (χ3v) is 6.41. The molecule has 0 unspecified atom stereocenters. The fourth-order valence-electron chi connectivity index (χ4n) is 3.19. The summed E-state index contributed by atoms with van der Waals surface area (Å²) in [5.74, 6) is -2.11. The number of hydrogen-bond donors (Lipinski definition) is 1. The van der Waals surface area contributed by atoms with E-state index in [9.17, 15) is 9.59 Å². The summed E-state index contributed by atoms with van der Waals surface area (Å²) in [4.78, 5) is 26.5. The van der Waals surface area contributed by atoms with Crippen LogP contribution >= 0.6 is 58.0 Å². The maximum absolute atomic E-state index is 12.8. The smallest absolute Gasteiger partial charge is 0.256 e. The van der Waals surface area contributed by atoms with Crippen LogP contribution in [0.25, 0.3) is 0 Å². The van der Waals surface area contributed by atoms with Crippen molar-refractivity contribution in [3.8, 4) is 6.07 Å². The molecule has 0 bridgehead atoms. The van der Waals surface area contributed by atoms with Gasteiger partial charge in [0.25, 0.3) is 5.91 Å². The van der Waals surface area contributed by atoms with E-state index in [1.54, 1.807) is 24.3 Å². The number of nitriles is 1. The van der Waals surface area contributed by atoms with Crippen molar-refractivity contribution in [2.75, 3.05) is 18.9 Å².